The molecule has 0 aliphatic carbocycles. The topological polar surface area (TPSA) is 41.1 Å². The summed E-state index contributed by atoms with van der Waals surface area (Å²) in [6, 6.07) is 8.54. The van der Waals surface area contributed by atoms with Gasteiger partial charge in [-0.1, -0.05) is 25.1 Å². The quantitative estimate of drug-likeness (QED) is 0.758. The second-order valence-electron chi connectivity index (χ2n) is 5.32. The Kier molecular flexibility index (Phi) is 5.77. The molecule has 0 saturated carbocycles. The number of carbonyl (C=O) groups excluding carboxylic acids is 1. The fourth-order valence-electron chi connectivity index (χ4n) is 2.57. The number of rotatable bonds is 7. The van der Waals surface area contributed by atoms with Crippen LogP contribution in [0.3, 0.4) is 0 Å². The molecule has 2 rings (SSSR count). The molecule has 0 radical (unpaired) electrons. The van der Waals surface area contributed by atoms with E-state index >= 15 is 0 Å². The first-order valence-corrected chi connectivity index (χ1v) is 8.56. The van der Waals surface area contributed by atoms with Crippen molar-refractivity contribution < 1.29 is 4.79 Å². The van der Waals surface area contributed by atoms with Crippen LogP contribution in [0.1, 0.15) is 38.2 Å². The second-order valence-corrected chi connectivity index (χ2v) is 6.72. The molecule has 1 amide bonds. The number of hydrogen-bond donors (Lipinski definition) is 2. The standard InChI is InChI=1S/C16H24N2OS/c1-3-20-9-8-12(2)18-16(19)10-13-11-17-15-7-5-4-6-14(13)15/h4-7,12-13,17H,3,8-11H2,1-2H3,(H,18,19). The van der Waals surface area contributed by atoms with Crippen molar-refractivity contribution in [3.05, 3.63) is 29.8 Å². The van der Waals surface area contributed by atoms with Crippen LogP contribution >= 0.6 is 11.8 Å². The minimum absolute atomic E-state index is 0.169. The van der Waals surface area contributed by atoms with Gasteiger partial charge in [0.2, 0.25) is 5.91 Å². The fourth-order valence-corrected chi connectivity index (χ4v) is 3.38. The maximum absolute atomic E-state index is 12.1. The van der Waals surface area contributed by atoms with Gasteiger partial charge < -0.3 is 10.6 Å². The highest BCUT2D eigenvalue weighted by atomic mass is 32.2. The first kappa shape index (κ1) is 15.2. The largest absolute Gasteiger partial charge is 0.384 e. The molecule has 2 N–H and O–H groups in total. The lowest BCUT2D eigenvalue weighted by atomic mass is 9.97. The molecular weight excluding hydrogens is 268 g/mol. The molecule has 1 aromatic rings. The Balaban J connectivity index is 1.78. The lowest BCUT2D eigenvalue weighted by Crippen LogP contribution is -2.34. The molecule has 3 nitrogen and oxygen atoms in total. The van der Waals surface area contributed by atoms with Gasteiger partial charge in [-0.25, -0.2) is 0 Å². The Bertz CT molecular complexity index is 450. The van der Waals surface area contributed by atoms with E-state index in [1.54, 1.807) is 0 Å². The van der Waals surface area contributed by atoms with E-state index in [2.05, 4.69) is 36.6 Å². The van der Waals surface area contributed by atoms with Crippen LogP contribution in [-0.2, 0) is 4.79 Å². The lowest BCUT2D eigenvalue weighted by Gasteiger charge is -2.15. The van der Waals surface area contributed by atoms with Crippen LogP contribution in [0, 0.1) is 0 Å². The fraction of sp³-hybridized carbons (Fsp3) is 0.562. The Labute approximate surface area is 125 Å². The van der Waals surface area contributed by atoms with Crippen molar-refractivity contribution in [2.24, 2.45) is 0 Å². The van der Waals surface area contributed by atoms with Crippen LogP contribution in [0.5, 0.6) is 0 Å². The Morgan fingerprint density at radius 3 is 3.10 bits per heavy atom. The number of fused-ring (bicyclic) bond motifs is 1. The van der Waals surface area contributed by atoms with Gasteiger partial charge in [-0.15, -0.1) is 0 Å². The molecule has 2 unspecified atom stereocenters. The number of para-hydroxylation sites is 1. The first-order valence-electron chi connectivity index (χ1n) is 7.40. The molecule has 0 bridgehead atoms. The van der Waals surface area contributed by atoms with Crippen molar-refractivity contribution in [2.45, 2.75) is 38.6 Å². The van der Waals surface area contributed by atoms with E-state index in [0.717, 1.165) is 24.5 Å². The van der Waals surface area contributed by atoms with Gasteiger partial charge in [0.05, 0.1) is 0 Å². The average Bonchev–Trinajstić information content (AvgIpc) is 2.82. The SMILES string of the molecule is CCSCCC(C)NC(=O)CC1CNc2ccccc21. The molecule has 0 saturated heterocycles. The summed E-state index contributed by atoms with van der Waals surface area (Å²) in [6.45, 7) is 5.13. The molecule has 1 aliphatic rings. The molecule has 1 heterocycles. The Morgan fingerprint density at radius 2 is 2.30 bits per heavy atom. The molecule has 0 aromatic heterocycles. The van der Waals surface area contributed by atoms with Crippen LogP contribution in [0.15, 0.2) is 24.3 Å². The molecule has 4 heteroatoms. The van der Waals surface area contributed by atoms with Gasteiger partial charge in [-0.05, 0) is 36.5 Å². The Morgan fingerprint density at radius 1 is 1.50 bits per heavy atom. The van der Waals surface area contributed by atoms with E-state index in [1.165, 1.54) is 11.3 Å². The molecule has 110 valence electrons. The summed E-state index contributed by atoms with van der Waals surface area (Å²) in [5, 5.41) is 6.48. The third kappa shape index (κ3) is 4.17. The van der Waals surface area contributed by atoms with Gasteiger partial charge in [0.15, 0.2) is 0 Å². The van der Waals surface area contributed by atoms with Gasteiger partial charge in [-0.2, -0.15) is 11.8 Å². The lowest BCUT2D eigenvalue weighted by molar-refractivity contribution is -0.122. The highest BCUT2D eigenvalue weighted by molar-refractivity contribution is 7.99. The number of anilines is 1. The maximum Gasteiger partial charge on any atom is 0.220 e. The zero-order valence-electron chi connectivity index (χ0n) is 12.3. The van der Waals surface area contributed by atoms with Crippen LogP contribution in [0.25, 0.3) is 0 Å². The summed E-state index contributed by atoms with van der Waals surface area (Å²) < 4.78 is 0. The van der Waals surface area contributed by atoms with Gasteiger partial charge >= 0.3 is 0 Å². The second kappa shape index (κ2) is 7.58. The van der Waals surface area contributed by atoms with Crippen LogP contribution in [0.4, 0.5) is 5.69 Å². The van der Waals surface area contributed by atoms with Crippen LogP contribution in [-0.4, -0.2) is 30.0 Å². The third-order valence-corrected chi connectivity index (χ3v) is 4.61. The normalized spacial score (nSPS) is 18.2. The highest BCUT2D eigenvalue weighted by Gasteiger charge is 2.24. The number of amides is 1. The minimum Gasteiger partial charge on any atom is -0.384 e. The van der Waals surface area contributed by atoms with E-state index in [-0.39, 0.29) is 11.9 Å². The van der Waals surface area contributed by atoms with Crippen LogP contribution in [0.2, 0.25) is 0 Å². The molecule has 0 spiro atoms. The van der Waals surface area contributed by atoms with E-state index < -0.39 is 0 Å². The van der Waals surface area contributed by atoms with E-state index in [1.807, 2.05) is 23.9 Å². The summed E-state index contributed by atoms with van der Waals surface area (Å²) in [4.78, 5) is 12.1. The number of hydrogen-bond acceptors (Lipinski definition) is 3. The van der Waals surface area contributed by atoms with Crippen molar-refractivity contribution >= 4 is 23.4 Å². The summed E-state index contributed by atoms with van der Waals surface area (Å²) in [7, 11) is 0. The Hall–Kier alpha value is -1.16. The molecule has 0 fully saturated rings. The number of carbonyl (C=O) groups is 1. The predicted molar refractivity (Wildman–Crippen MR) is 87.5 cm³/mol. The monoisotopic (exact) mass is 292 g/mol. The van der Waals surface area contributed by atoms with Gasteiger partial charge in [0.25, 0.3) is 0 Å². The number of thioether (sulfide) groups is 1. The highest BCUT2D eigenvalue weighted by Crippen LogP contribution is 2.33. The molecular formula is C16H24N2OS. The zero-order valence-corrected chi connectivity index (χ0v) is 13.1. The van der Waals surface area contributed by atoms with Crippen molar-refractivity contribution in [1.82, 2.24) is 5.32 Å². The van der Waals surface area contributed by atoms with Gasteiger partial charge in [0.1, 0.15) is 0 Å². The van der Waals surface area contributed by atoms with Gasteiger partial charge in [0, 0.05) is 30.6 Å². The van der Waals surface area contributed by atoms with Crippen molar-refractivity contribution in [1.29, 1.82) is 0 Å². The van der Waals surface area contributed by atoms with Crippen LogP contribution < -0.4 is 10.6 Å². The summed E-state index contributed by atoms with van der Waals surface area (Å²) in [6.07, 6.45) is 1.62. The van der Waals surface area contributed by atoms with Crippen molar-refractivity contribution in [3.8, 4) is 0 Å². The smallest absolute Gasteiger partial charge is 0.220 e. The molecule has 2 atom stereocenters. The van der Waals surface area contributed by atoms with E-state index in [0.29, 0.717) is 12.3 Å². The molecule has 20 heavy (non-hydrogen) atoms. The summed E-state index contributed by atoms with van der Waals surface area (Å²) in [5.74, 6) is 2.74. The van der Waals surface area contributed by atoms with Crippen molar-refractivity contribution in [2.75, 3.05) is 23.4 Å². The van der Waals surface area contributed by atoms with E-state index in [4.69, 9.17) is 0 Å². The number of nitrogens with one attached hydrogen (secondary N) is 2. The summed E-state index contributed by atoms with van der Waals surface area (Å²) in [5.41, 5.74) is 2.45. The summed E-state index contributed by atoms with van der Waals surface area (Å²) >= 11 is 1.93. The molecule has 1 aromatic carbocycles. The van der Waals surface area contributed by atoms with Gasteiger partial charge in [-0.3, -0.25) is 4.79 Å². The third-order valence-electron chi connectivity index (χ3n) is 3.68. The van der Waals surface area contributed by atoms with E-state index in [9.17, 15) is 4.79 Å². The number of benzene rings is 1. The predicted octanol–water partition coefficient (Wildman–Crippen LogP) is 3.23. The average molecular weight is 292 g/mol. The maximum atomic E-state index is 12.1. The van der Waals surface area contributed by atoms with Crippen molar-refractivity contribution in [3.63, 3.8) is 0 Å². The first-order chi connectivity index (χ1) is 9.70. The minimum atomic E-state index is 0.169. The zero-order chi connectivity index (χ0) is 14.4. The molecule has 1 aliphatic heterocycles.